The minimum Gasteiger partial charge on any atom is -0.327 e. The molecule has 1 rings (SSSR count). The lowest BCUT2D eigenvalue weighted by atomic mass is 10.1. The van der Waals surface area contributed by atoms with E-state index in [1.165, 1.54) is 25.1 Å². The zero-order valence-corrected chi connectivity index (χ0v) is 13.1. The number of ketones is 1. The van der Waals surface area contributed by atoms with Crippen molar-refractivity contribution in [3.8, 4) is 0 Å². The molecule has 0 bridgehead atoms. The maximum Gasteiger partial charge on any atom is 0.242 e. The third-order valence-electron chi connectivity index (χ3n) is 2.82. The standard InChI is InChI=1S/C13H19ClN2O3S/c1-3-4-11(15)8-16-20(18,19)13-7-10(9(2)17)5-6-12(13)14/h5-7,11,16H,3-4,8,15H2,1-2H3/t11-/m0/s1. The lowest BCUT2D eigenvalue weighted by Gasteiger charge is -2.13. The van der Waals surface area contributed by atoms with Crippen LogP contribution < -0.4 is 10.5 Å². The van der Waals surface area contributed by atoms with Gasteiger partial charge in [0.15, 0.2) is 5.78 Å². The van der Waals surface area contributed by atoms with Crippen LogP contribution >= 0.6 is 11.6 Å². The van der Waals surface area contributed by atoms with Gasteiger partial charge in [0, 0.05) is 18.2 Å². The van der Waals surface area contributed by atoms with Crippen molar-refractivity contribution in [1.29, 1.82) is 0 Å². The summed E-state index contributed by atoms with van der Waals surface area (Å²) in [6.45, 7) is 3.47. The Morgan fingerprint density at radius 2 is 2.10 bits per heavy atom. The average Bonchev–Trinajstić information content (AvgIpc) is 2.37. The molecule has 112 valence electrons. The van der Waals surface area contributed by atoms with Crippen molar-refractivity contribution in [3.63, 3.8) is 0 Å². The molecule has 20 heavy (non-hydrogen) atoms. The second-order valence-electron chi connectivity index (χ2n) is 4.60. The first-order valence-corrected chi connectivity index (χ1v) is 8.19. The van der Waals surface area contributed by atoms with Crippen LogP contribution in [0.2, 0.25) is 5.02 Å². The zero-order chi connectivity index (χ0) is 15.3. The Balaban J connectivity index is 2.97. The first-order chi connectivity index (χ1) is 9.27. The molecule has 3 N–H and O–H groups in total. The Morgan fingerprint density at radius 3 is 2.65 bits per heavy atom. The van der Waals surface area contributed by atoms with E-state index in [-0.39, 0.29) is 28.3 Å². The predicted octanol–water partition coefficient (Wildman–Crippen LogP) is 1.95. The molecule has 5 nitrogen and oxygen atoms in total. The quantitative estimate of drug-likeness (QED) is 0.752. The highest BCUT2D eigenvalue weighted by Crippen LogP contribution is 2.22. The maximum absolute atomic E-state index is 12.2. The monoisotopic (exact) mass is 318 g/mol. The van der Waals surface area contributed by atoms with Gasteiger partial charge in [0.25, 0.3) is 0 Å². The molecule has 0 unspecified atom stereocenters. The summed E-state index contributed by atoms with van der Waals surface area (Å²) in [5.74, 6) is -0.221. The minimum atomic E-state index is -3.77. The number of rotatable bonds is 7. The van der Waals surface area contributed by atoms with Crippen LogP contribution in [0.25, 0.3) is 0 Å². The normalized spacial score (nSPS) is 13.2. The van der Waals surface area contributed by atoms with E-state index < -0.39 is 10.0 Å². The van der Waals surface area contributed by atoms with Gasteiger partial charge in [0.05, 0.1) is 5.02 Å². The number of hydrogen-bond acceptors (Lipinski definition) is 4. The lowest BCUT2D eigenvalue weighted by molar-refractivity contribution is 0.101. The molecule has 1 atom stereocenters. The average molecular weight is 319 g/mol. The van der Waals surface area contributed by atoms with E-state index in [2.05, 4.69) is 4.72 Å². The fraction of sp³-hybridized carbons (Fsp3) is 0.462. The van der Waals surface area contributed by atoms with Crippen molar-refractivity contribution in [2.45, 2.75) is 37.6 Å². The number of hydrogen-bond donors (Lipinski definition) is 2. The fourth-order valence-electron chi connectivity index (χ4n) is 1.70. The van der Waals surface area contributed by atoms with Crippen LogP contribution in [0.4, 0.5) is 0 Å². The van der Waals surface area contributed by atoms with Crippen molar-refractivity contribution < 1.29 is 13.2 Å². The Hall–Kier alpha value is -0.950. The molecule has 0 radical (unpaired) electrons. The van der Waals surface area contributed by atoms with Gasteiger partial charge in [-0.3, -0.25) is 4.79 Å². The second-order valence-corrected chi connectivity index (χ2v) is 6.74. The predicted molar refractivity (Wildman–Crippen MR) is 79.5 cm³/mol. The molecule has 0 fully saturated rings. The van der Waals surface area contributed by atoms with E-state index in [0.29, 0.717) is 5.56 Å². The number of carbonyl (C=O) groups excluding carboxylic acids is 1. The van der Waals surface area contributed by atoms with E-state index in [0.717, 1.165) is 12.8 Å². The van der Waals surface area contributed by atoms with E-state index in [1.54, 1.807) is 0 Å². The number of halogens is 1. The molecule has 0 spiro atoms. The summed E-state index contributed by atoms with van der Waals surface area (Å²) in [5.41, 5.74) is 6.07. The summed E-state index contributed by atoms with van der Waals surface area (Å²) < 4.78 is 26.8. The number of nitrogens with two attached hydrogens (primary N) is 1. The van der Waals surface area contributed by atoms with Crippen LogP contribution in [0, 0.1) is 0 Å². The number of nitrogens with one attached hydrogen (secondary N) is 1. The van der Waals surface area contributed by atoms with Crippen molar-refractivity contribution in [3.05, 3.63) is 28.8 Å². The van der Waals surface area contributed by atoms with Crippen molar-refractivity contribution in [2.75, 3.05) is 6.54 Å². The number of carbonyl (C=O) groups is 1. The van der Waals surface area contributed by atoms with Crippen molar-refractivity contribution in [1.82, 2.24) is 4.72 Å². The van der Waals surface area contributed by atoms with Crippen molar-refractivity contribution in [2.24, 2.45) is 5.73 Å². The van der Waals surface area contributed by atoms with E-state index in [4.69, 9.17) is 17.3 Å². The van der Waals surface area contributed by atoms with Gasteiger partial charge < -0.3 is 5.73 Å². The molecule has 0 saturated carbocycles. The van der Waals surface area contributed by atoms with E-state index in [9.17, 15) is 13.2 Å². The zero-order valence-electron chi connectivity index (χ0n) is 11.5. The Bertz CT molecular complexity index is 587. The molecule has 1 aromatic carbocycles. The third-order valence-corrected chi connectivity index (χ3v) is 4.73. The summed E-state index contributed by atoms with van der Waals surface area (Å²) in [6, 6.07) is 3.92. The first-order valence-electron chi connectivity index (χ1n) is 6.33. The smallest absolute Gasteiger partial charge is 0.242 e. The third kappa shape index (κ3) is 4.56. The SMILES string of the molecule is CCC[C@H](N)CNS(=O)(=O)c1cc(C(C)=O)ccc1Cl. The molecule has 0 aliphatic heterocycles. The number of benzene rings is 1. The summed E-state index contributed by atoms with van der Waals surface area (Å²) in [6.07, 6.45) is 1.60. The van der Waals surface area contributed by atoms with Gasteiger partial charge in [0.1, 0.15) is 4.90 Å². The molecule has 1 aromatic rings. The molecule has 0 amide bonds. The molecular weight excluding hydrogens is 300 g/mol. The highest BCUT2D eigenvalue weighted by molar-refractivity contribution is 7.89. The van der Waals surface area contributed by atoms with E-state index >= 15 is 0 Å². The van der Waals surface area contributed by atoms with Crippen LogP contribution in [0.5, 0.6) is 0 Å². The van der Waals surface area contributed by atoms with Gasteiger partial charge in [-0.05, 0) is 31.5 Å². The van der Waals surface area contributed by atoms with Crippen LogP contribution in [-0.4, -0.2) is 26.8 Å². The highest BCUT2D eigenvalue weighted by Gasteiger charge is 2.20. The van der Waals surface area contributed by atoms with Crippen LogP contribution in [-0.2, 0) is 10.0 Å². The molecule has 7 heteroatoms. The summed E-state index contributed by atoms with van der Waals surface area (Å²) in [7, 11) is -3.77. The largest absolute Gasteiger partial charge is 0.327 e. The number of sulfonamides is 1. The van der Waals surface area contributed by atoms with Gasteiger partial charge >= 0.3 is 0 Å². The van der Waals surface area contributed by atoms with Gasteiger partial charge in [0.2, 0.25) is 10.0 Å². The van der Waals surface area contributed by atoms with Crippen LogP contribution in [0.1, 0.15) is 37.0 Å². The van der Waals surface area contributed by atoms with Gasteiger partial charge in [-0.25, -0.2) is 13.1 Å². The maximum atomic E-state index is 12.2. The minimum absolute atomic E-state index is 0.0755. The van der Waals surface area contributed by atoms with Crippen LogP contribution in [0.3, 0.4) is 0 Å². The molecule has 0 saturated heterocycles. The summed E-state index contributed by atoms with van der Waals surface area (Å²) in [5, 5.41) is 0.0755. The number of Topliss-reactive ketones (excluding diaryl/α,β-unsaturated/α-hetero) is 1. The van der Waals surface area contributed by atoms with Gasteiger partial charge in [-0.15, -0.1) is 0 Å². The second kappa shape index (κ2) is 7.17. The lowest BCUT2D eigenvalue weighted by Crippen LogP contribution is -2.37. The first kappa shape index (κ1) is 17.1. The molecule has 0 heterocycles. The Kier molecular flexibility index (Phi) is 6.13. The highest BCUT2D eigenvalue weighted by atomic mass is 35.5. The molecule has 0 aliphatic rings. The Morgan fingerprint density at radius 1 is 1.45 bits per heavy atom. The topological polar surface area (TPSA) is 89.3 Å². The summed E-state index contributed by atoms with van der Waals surface area (Å²) in [4.78, 5) is 11.2. The van der Waals surface area contributed by atoms with Gasteiger partial charge in [-0.1, -0.05) is 24.9 Å². The van der Waals surface area contributed by atoms with Crippen LogP contribution in [0.15, 0.2) is 23.1 Å². The molecule has 0 aliphatic carbocycles. The molecular formula is C13H19ClN2O3S. The van der Waals surface area contributed by atoms with Gasteiger partial charge in [-0.2, -0.15) is 0 Å². The fourth-order valence-corrected chi connectivity index (χ4v) is 3.31. The molecule has 0 aromatic heterocycles. The summed E-state index contributed by atoms with van der Waals surface area (Å²) >= 11 is 5.90. The van der Waals surface area contributed by atoms with E-state index in [1.807, 2.05) is 6.92 Å². The Labute approximate surface area is 124 Å². The van der Waals surface area contributed by atoms with Crippen molar-refractivity contribution >= 4 is 27.4 Å².